The molecule has 92 valence electrons. The maximum absolute atomic E-state index is 12.2. The highest BCUT2D eigenvalue weighted by Crippen LogP contribution is 2.36. The average molecular weight is 243 g/mol. The quantitative estimate of drug-likeness (QED) is 0.798. The van der Waals surface area contributed by atoms with Crippen LogP contribution in [0.1, 0.15) is 17.0 Å². The summed E-state index contributed by atoms with van der Waals surface area (Å²) in [7, 11) is 0. The fourth-order valence-electron chi connectivity index (χ4n) is 2.18. The summed E-state index contributed by atoms with van der Waals surface area (Å²) >= 11 is 0. The minimum atomic E-state index is -1.05. The Kier molecular flexibility index (Phi) is 3.33. The van der Waals surface area contributed by atoms with E-state index in [9.17, 15) is 9.59 Å². The van der Waals surface area contributed by atoms with Crippen LogP contribution in [-0.4, -0.2) is 35.0 Å². The van der Waals surface area contributed by atoms with Crippen LogP contribution in [0.4, 0.5) is 0 Å². The van der Waals surface area contributed by atoms with E-state index in [0.717, 1.165) is 11.1 Å². The van der Waals surface area contributed by atoms with Crippen molar-refractivity contribution in [2.45, 2.75) is 12.3 Å². The number of terminal acetylenes is 1. The highest BCUT2D eigenvalue weighted by Gasteiger charge is 2.34. The molecule has 1 aliphatic carbocycles. The lowest BCUT2D eigenvalue weighted by Gasteiger charge is -2.32. The molecule has 4 heteroatoms. The Morgan fingerprint density at radius 2 is 2.17 bits per heavy atom. The topological polar surface area (TPSA) is 57.6 Å². The second kappa shape index (κ2) is 4.92. The lowest BCUT2D eigenvalue weighted by Crippen LogP contribution is -2.42. The van der Waals surface area contributed by atoms with Crippen LogP contribution in [0.15, 0.2) is 24.3 Å². The van der Waals surface area contributed by atoms with Crippen LogP contribution in [0.5, 0.6) is 0 Å². The van der Waals surface area contributed by atoms with E-state index in [1.807, 2.05) is 24.3 Å². The van der Waals surface area contributed by atoms with Gasteiger partial charge in [-0.1, -0.05) is 30.2 Å². The average Bonchev–Trinajstić information content (AvgIpc) is 2.29. The van der Waals surface area contributed by atoms with Crippen LogP contribution in [0, 0.1) is 12.3 Å². The first-order valence-electron chi connectivity index (χ1n) is 5.65. The van der Waals surface area contributed by atoms with E-state index in [0.29, 0.717) is 6.42 Å². The number of carboxylic acids is 1. The largest absolute Gasteiger partial charge is 0.480 e. The van der Waals surface area contributed by atoms with Crippen LogP contribution < -0.4 is 0 Å². The Labute approximate surface area is 105 Å². The summed E-state index contributed by atoms with van der Waals surface area (Å²) in [6, 6.07) is 7.68. The lowest BCUT2D eigenvalue weighted by molar-refractivity contribution is -0.144. The number of amides is 1. The van der Waals surface area contributed by atoms with Crippen molar-refractivity contribution >= 4 is 11.9 Å². The molecule has 0 aromatic heterocycles. The van der Waals surface area contributed by atoms with Crippen LogP contribution in [0.25, 0.3) is 0 Å². The van der Waals surface area contributed by atoms with Crippen molar-refractivity contribution in [3.05, 3.63) is 35.4 Å². The third-order valence-corrected chi connectivity index (χ3v) is 3.07. The summed E-state index contributed by atoms with van der Waals surface area (Å²) < 4.78 is 0. The fraction of sp³-hybridized carbons (Fsp3) is 0.286. The first-order valence-corrected chi connectivity index (χ1v) is 5.65. The van der Waals surface area contributed by atoms with Gasteiger partial charge in [-0.3, -0.25) is 9.59 Å². The Hall–Kier alpha value is -2.28. The maximum Gasteiger partial charge on any atom is 0.323 e. The van der Waals surface area contributed by atoms with Gasteiger partial charge in [-0.05, 0) is 17.5 Å². The highest BCUT2D eigenvalue weighted by molar-refractivity contribution is 5.89. The van der Waals surface area contributed by atoms with Gasteiger partial charge in [0.1, 0.15) is 6.54 Å². The molecule has 0 saturated heterocycles. The van der Waals surface area contributed by atoms with Gasteiger partial charge in [0.25, 0.3) is 0 Å². The van der Waals surface area contributed by atoms with Crippen molar-refractivity contribution in [2.24, 2.45) is 0 Å². The normalized spacial score (nSPS) is 16.1. The smallest absolute Gasteiger partial charge is 0.323 e. The lowest BCUT2D eigenvalue weighted by atomic mass is 9.77. The van der Waals surface area contributed by atoms with E-state index in [-0.39, 0.29) is 24.9 Å². The molecule has 1 aliphatic rings. The second-order valence-electron chi connectivity index (χ2n) is 4.25. The molecule has 18 heavy (non-hydrogen) atoms. The van der Waals surface area contributed by atoms with Gasteiger partial charge in [-0.25, -0.2) is 0 Å². The molecular weight excluding hydrogens is 230 g/mol. The molecule has 1 N–H and O–H groups in total. The van der Waals surface area contributed by atoms with Crippen LogP contribution >= 0.6 is 0 Å². The highest BCUT2D eigenvalue weighted by atomic mass is 16.4. The zero-order valence-corrected chi connectivity index (χ0v) is 9.80. The van der Waals surface area contributed by atoms with E-state index in [1.165, 1.54) is 4.90 Å². The fourth-order valence-corrected chi connectivity index (χ4v) is 2.18. The van der Waals surface area contributed by atoms with Crippen LogP contribution in [-0.2, 0) is 16.0 Å². The molecule has 0 radical (unpaired) electrons. The van der Waals surface area contributed by atoms with Gasteiger partial charge in [-0.15, -0.1) is 6.42 Å². The molecule has 0 bridgehead atoms. The van der Waals surface area contributed by atoms with Gasteiger partial charge >= 0.3 is 5.97 Å². The van der Waals surface area contributed by atoms with Gasteiger partial charge < -0.3 is 10.0 Å². The molecule has 1 unspecified atom stereocenters. The van der Waals surface area contributed by atoms with Crippen molar-refractivity contribution in [3.8, 4) is 12.3 Å². The molecule has 1 amide bonds. The number of benzene rings is 1. The van der Waals surface area contributed by atoms with Gasteiger partial charge in [0, 0.05) is 0 Å². The van der Waals surface area contributed by atoms with Crippen molar-refractivity contribution in [1.82, 2.24) is 4.90 Å². The molecule has 2 rings (SSSR count). The van der Waals surface area contributed by atoms with E-state index in [2.05, 4.69) is 5.92 Å². The number of hydrogen-bond donors (Lipinski definition) is 1. The Morgan fingerprint density at radius 3 is 2.78 bits per heavy atom. The van der Waals surface area contributed by atoms with Gasteiger partial charge in [0.15, 0.2) is 0 Å². The summed E-state index contributed by atoms with van der Waals surface area (Å²) in [5.74, 6) is 0.831. The molecule has 0 fully saturated rings. The predicted molar refractivity (Wildman–Crippen MR) is 65.9 cm³/mol. The minimum absolute atomic E-state index is 0.0315. The number of carbonyl (C=O) groups excluding carboxylic acids is 1. The first-order chi connectivity index (χ1) is 8.63. The minimum Gasteiger partial charge on any atom is -0.480 e. The van der Waals surface area contributed by atoms with Gasteiger partial charge in [0.2, 0.25) is 5.91 Å². The van der Waals surface area contributed by atoms with Crippen molar-refractivity contribution in [3.63, 3.8) is 0 Å². The van der Waals surface area contributed by atoms with Crippen molar-refractivity contribution in [2.75, 3.05) is 13.1 Å². The van der Waals surface area contributed by atoms with Crippen molar-refractivity contribution < 1.29 is 14.7 Å². The Morgan fingerprint density at radius 1 is 1.44 bits per heavy atom. The number of hydrogen-bond acceptors (Lipinski definition) is 2. The molecule has 1 aromatic carbocycles. The zero-order valence-electron chi connectivity index (χ0n) is 9.80. The maximum atomic E-state index is 12.2. The molecule has 0 aliphatic heterocycles. The molecule has 0 heterocycles. The number of aliphatic carboxylic acids is 1. The SMILES string of the molecule is C#CCN(CC(=O)O)C(=O)C1Cc2ccccc21. The molecule has 1 aromatic rings. The van der Waals surface area contributed by atoms with Gasteiger partial charge in [-0.2, -0.15) is 0 Å². The number of rotatable bonds is 4. The zero-order chi connectivity index (χ0) is 13.1. The van der Waals surface area contributed by atoms with E-state index < -0.39 is 5.97 Å². The third kappa shape index (κ3) is 2.21. The first kappa shape index (κ1) is 12.2. The Balaban J connectivity index is 2.12. The third-order valence-electron chi connectivity index (χ3n) is 3.07. The monoisotopic (exact) mass is 243 g/mol. The van der Waals surface area contributed by atoms with Crippen molar-refractivity contribution in [1.29, 1.82) is 0 Å². The van der Waals surface area contributed by atoms with Crippen LogP contribution in [0.2, 0.25) is 0 Å². The van der Waals surface area contributed by atoms with E-state index in [4.69, 9.17) is 11.5 Å². The van der Waals surface area contributed by atoms with E-state index in [1.54, 1.807) is 0 Å². The van der Waals surface area contributed by atoms with E-state index >= 15 is 0 Å². The summed E-state index contributed by atoms with van der Waals surface area (Å²) in [5, 5.41) is 8.76. The molecule has 4 nitrogen and oxygen atoms in total. The summed E-state index contributed by atoms with van der Waals surface area (Å²) in [6.45, 7) is -0.314. The van der Waals surface area contributed by atoms with Gasteiger partial charge in [0.05, 0.1) is 12.5 Å². The summed E-state index contributed by atoms with van der Waals surface area (Å²) in [6.07, 6.45) is 5.82. The summed E-state index contributed by atoms with van der Waals surface area (Å²) in [5.41, 5.74) is 2.13. The summed E-state index contributed by atoms with van der Waals surface area (Å²) in [4.78, 5) is 24.1. The number of fused-ring (bicyclic) bond motifs is 1. The van der Waals surface area contributed by atoms with Crippen LogP contribution in [0.3, 0.4) is 0 Å². The number of nitrogens with zero attached hydrogens (tertiary/aromatic N) is 1. The Bertz CT molecular complexity index is 530. The second-order valence-corrected chi connectivity index (χ2v) is 4.25. The molecule has 0 spiro atoms. The number of carboxylic acid groups (broad SMARTS) is 1. The molecule has 0 saturated carbocycles. The molecular formula is C14H13NO3. The number of carbonyl (C=O) groups is 2. The molecule has 1 atom stereocenters. The standard InChI is InChI=1S/C14H13NO3/c1-2-7-15(9-13(16)17)14(18)12-8-10-5-3-4-6-11(10)12/h1,3-6,12H,7-9H2,(H,16,17). The predicted octanol–water partition coefficient (Wildman–Crippen LogP) is 0.873.